The molecule has 46 heavy (non-hydrogen) atoms. The molecule has 1 aliphatic heterocycles. The van der Waals surface area contributed by atoms with Gasteiger partial charge in [0.2, 0.25) is 11.8 Å². The summed E-state index contributed by atoms with van der Waals surface area (Å²) < 4.78 is 19.3. The van der Waals surface area contributed by atoms with Crippen LogP contribution in [0.15, 0.2) is 60.7 Å². The molecule has 2 aromatic rings. The quantitative estimate of drug-likeness (QED) is 0.269. The van der Waals surface area contributed by atoms with E-state index in [1.807, 2.05) is 0 Å². The minimum Gasteiger partial charge on any atom is -0.467 e. The molecule has 4 amide bonds. The molecular weight excluding hydrogens is 615 g/mol. The van der Waals surface area contributed by atoms with Crippen molar-refractivity contribution in [1.82, 2.24) is 21.3 Å². The van der Waals surface area contributed by atoms with Gasteiger partial charge in [-0.3, -0.25) is 14.4 Å². The highest BCUT2D eigenvalue weighted by Gasteiger charge is 2.31. The Balaban J connectivity index is 1.83. The molecule has 4 N–H and O–H groups in total. The summed E-state index contributed by atoms with van der Waals surface area (Å²) in [5.74, 6) is -3.23. The van der Waals surface area contributed by atoms with Crippen LogP contribution >= 0.6 is 11.6 Å². The molecule has 10 nitrogen and oxygen atoms in total. The van der Waals surface area contributed by atoms with E-state index in [0.717, 1.165) is 0 Å². The van der Waals surface area contributed by atoms with Gasteiger partial charge in [-0.25, -0.2) is 14.0 Å². The molecule has 0 aromatic heterocycles. The molecule has 1 unspecified atom stereocenters. The van der Waals surface area contributed by atoms with Crippen LogP contribution < -0.4 is 21.3 Å². The van der Waals surface area contributed by atoms with Crippen LogP contribution in [0.25, 0.3) is 0 Å². The Hall–Kier alpha value is -4.25. The van der Waals surface area contributed by atoms with Gasteiger partial charge in [-0.2, -0.15) is 0 Å². The number of hydrogen-bond donors (Lipinski definition) is 4. The maximum absolute atomic E-state index is 14.5. The van der Waals surface area contributed by atoms with Crippen LogP contribution in [0.4, 0.5) is 9.18 Å². The summed E-state index contributed by atoms with van der Waals surface area (Å²) in [6, 6.07) is 9.61. The number of methoxy groups -OCH3 is 1. The summed E-state index contributed by atoms with van der Waals surface area (Å²) in [5.41, 5.74) is 1.05. The van der Waals surface area contributed by atoms with Crippen molar-refractivity contribution in [2.45, 2.75) is 70.5 Å². The maximum atomic E-state index is 14.5. The Labute approximate surface area is 273 Å². The van der Waals surface area contributed by atoms with Crippen molar-refractivity contribution in [3.05, 3.63) is 82.6 Å². The zero-order chi connectivity index (χ0) is 33.6. The van der Waals surface area contributed by atoms with E-state index < -0.39 is 53.6 Å². The monoisotopic (exact) mass is 656 g/mol. The van der Waals surface area contributed by atoms with Crippen molar-refractivity contribution < 1.29 is 33.1 Å². The molecule has 248 valence electrons. The highest BCUT2D eigenvalue weighted by Crippen LogP contribution is 2.20. The maximum Gasteiger partial charge on any atom is 0.328 e. The fourth-order valence-corrected chi connectivity index (χ4v) is 5.39. The van der Waals surface area contributed by atoms with Crippen LogP contribution in [0, 0.1) is 17.7 Å². The first-order chi connectivity index (χ1) is 22.0. The van der Waals surface area contributed by atoms with Crippen molar-refractivity contribution in [3.63, 3.8) is 0 Å². The van der Waals surface area contributed by atoms with E-state index >= 15 is 0 Å². The number of hydrogen-bond acceptors (Lipinski definition) is 6. The van der Waals surface area contributed by atoms with Gasteiger partial charge in [0.25, 0.3) is 0 Å². The minimum atomic E-state index is -1.05. The molecule has 3 rings (SSSR count). The van der Waals surface area contributed by atoms with Crippen molar-refractivity contribution in [3.8, 4) is 0 Å². The second kappa shape index (κ2) is 18.0. The zero-order valence-electron chi connectivity index (χ0n) is 26.3. The molecule has 0 fully saturated rings. The van der Waals surface area contributed by atoms with Crippen molar-refractivity contribution in [2.24, 2.45) is 11.8 Å². The average molecular weight is 657 g/mol. The Bertz CT molecular complexity index is 1420. The van der Waals surface area contributed by atoms with E-state index in [1.165, 1.54) is 25.3 Å². The Morgan fingerprint density at radius 2 is 1.83 bits per heavy atom. The number of carbonyl (C=O) groups excluding carboxylic acids is 5. The first kappa shape index (κ1) is 36.2. The molecule has 1 heterocycles. The molecular formula is C34H42ClFN4O6. The summed E-state index contributed by atoms with van der Waals surface area (Å²) in [6.07, 6.45) is 4.32. The molecule has 0 aliphatic carbocycles. The van der Waals surface area contributed by atoms with Gasteiger partial charge in [0.1, 0.15) is 11.9 Å². The van der Waals surface area contributed by atoms with Gasteiger partial charge in [0.05, 0.1) is 19.2 Å². The molecule has 2 aromatic carbocycles. The summed E-state index contributed by atoms with van der Waals surface area (Å²) in [4.78, 5) is 65.1. The third-order valence-corrected chi connectivity index (χ3v) is 7.97. The van der Waals surface area contributed by atoms with Gasteiger partial charge in [-0.15, -0.1) is 0 Å². The molecule has 0 bridgehead atoms. The van der Waals surface area contributed by atoms with Crippen molar-refractivity contribution >= 4 is 41.2 Å². The van der Waals surface area contributed by atoms with E-state index in [-0.39, 0.29) is 31.1 Å². The number of ether oxygens (including phenoxy) is 1. The number of benzene rings is 2. The average Bonchev–Trinajstić information content (AvgIpc) is 3.01. The minimum absolute atomic E-state index is 0.0937. The van der Waals surface area contributed by atoms with Crippen LogP contribution in [0.5, 0.6) is 0 Å². The standard InChI is InChI=1S/C34H42ClFN4O6/c1-21(2)31(33(44)46-3)40-34(45)39-28(18-22-9-8-12-25(35)17-22)29(41)20-24-11-6-7-16-37-30(42)15-14-26(38-32(24)43)19-23-10-4-5-13-27(23)36/h4-5,8-10,12-15,17,21,24,26,28,31H,6-7,11,16,18-20H2,1-3H3,(H,37,42)(H,38,43)(H2,39,40,45)/b15-14+/t24?,26-,28+,31+/m1/s1. The number of esters is 1. The van der Waals surface area contributed by atoms with Crippen LogP contribution in [0.2, 0.25) is 5.02 Å². The van der Waals surface area contributed by atoms with Crippen LogP contribution in [0.3, 0.4) is 0 Å². The lowest BCUT2D eigenvalue weighted by Crippen LogP contribution is -2.53. The topological polar surface area (TPSA) is 143 Å². The molecule has 1 aliphatic rings. The summed E-state index contributed by atoms with van der Waals surface area (Å²) in [7, 11) is 1.22. The normalized spacial score (nSPS) is 19.3. The van der Waals surface area contributed by atoms with Crippen molar-refractivity contribution in [1.29, 1.82) is 0 Å². The van der Waals surface area contributed by atoms with E-state index in [1.54, 1.807) is 56.3 Å². The second-order valence-electron chi connectivity index (χ2n) is 11.7. The number of nitrogens with one attached hydrogen (secondary N) is 4. The van der Waals surface area contributed by atoms with E-state index in [2.05, 4.69) is 21.3 Å². The predicted molar refractivity (Wildman–Crippen MR) is 172 cm³/mol. The van der Waals surface area contributed by atoms with Gasteiger partial charge >= 0.3 is 12.0 Å². The Kier molecular flexibility index (Phi) is 14.2. The van der Waals surface area contributed by atoms with Crippen LogP contribution in [-0.2, 0) is 36.8 Å². The molecule has 0 radical (unpaired) electrons. The number of halogens is 2. The van der Waals surface area contributed by atoms with Crippen LogP contribution in [0.1, 0.15) is 50.7 Å². The number of carbonyl (C=O) groups is 5. The Morgan fingerprint density at radius 1 is 1.07 bits per heavy atom. The fourth-order valence-electron chi connectivity index (χ4n) is 5.18. The summed E-state index contributed by atoms with van der Waals surface area (Å²) >= 11 is 6.18. The SMILES string of the molecule is COC(=O)[C@@H](NC(=O)N[C@@H](Cc1cccc(Cl)c1)C(=O)CC1CCCCNC(=O)/C=C/[C@H](Cc2ccccc2F)NC1=O)C(C)C. The van der Waals surface area contributed by atoms with E-state index in [0.29, 0.717) is 42.0 Å². The fraction of sp³-hybridized carbons (Fsp3) is 0.441. The number of ketones is 1. The summed E-state index contributed by atoms with van der Waals surface area (Å²) in [6.45, 7) is 3.89. The lowest BCUT2D eigenvalue weighted by molar-refractivity contribution is -0.144. The summed E-state index contributed by atoms with van der Waals surface area (Å²) in [5, 5.41) is 11.4. The molecule has 4 atom stereocenters. The molecule has 12 heteroatoms. The van der Waals surface area contributed by atoms with Gasteiger partial charge < -0.3 is 26.0 Å². The smallest absolute Gasteiger partial charge is 0.328 e. The van der Waals surface area contributed by atoms with Gasteiger partial charge in [0.15, 0.2) is 5.78 Å². The van der Waals surface area contributed by atoms with E-state index in [4.69, 9.17) is 16.3 Å². The highest BCUT2D eigenvalue weighted by atomic mass is 35.5. The molecule has 0 spiro atoms. The number of rotatable bonds is 11. The zero-order valence-corrected chi connectivity index (χ0v) is 27.1. The lowest BCUT2D eigenvalue weighted by atomic mass is 9.90. The van der Waals surface area contributed by atoms with Gasteiger partial charge in [-0.1, -0.05) is 68.3 Å². The Morgan fingerprint density at radius 3 is 2.52 bits per heavy atom. The number of amides is 4. The second-order valence-corrected chi connectivity index (χ2v) is 12.1. The van der Waals surface area contributed by atoms with Crippen molar-refractivity contribution in [2.75, 3.05) is 13.7 Å². The molecule has 0 saturated heterocycles. The highest BCUT2D eigenvalue weighted by molar-refractivity contribution is 6.30. The number of urea groups is 1. The van der Waals surface area contributed by atoms with Crippen LogP contribution in [-0.4, -0.2) is 61.4 Å². The lowest BCUT2D eigenvalue weighted by Gasteiger charge is -2.25. The number of Topliss-reactive ketones (excluding diaryl/α,β-unsaturated/α-hetero) is 1. The van der Waals surface area contributed by atoms with Gasteiger partial charge in [0, 0.05) is 30.0 Å². The third kappa shape index (κ3) is 11.6. The largest absolute Gasteiger partial charge is 0.467 e. The van der Waals surface area contributed by atoms with Gasteiger partial charge in [-0.05, 0) is 60.9 Å². The molecule has 0 saturated carbocycles. The first-order valence-electron chi connectivity index (χ1n) is 15.4. The third-order valence-electron chi connectivity index (χ3n) is 7.73. The van der Waals surface area contributed by atoms with E-state index in [9.17, 15) is 28.4 Å². The first-order valence-corrected chi connectivity index (χ1v) is 15.8. The predicted octanol–water partition coefficient (Wildman–Crippen LogP) is 4.05.